The Bertz CT molecular complexity index is 1150. The standard InChI is InChI=1S/C27H25NO3/c1-3-31-27(29)26-24(21-14-16-23(30-2)17-15-21)18-25(22-12-8-5-9-13-22)28(26)19-20-10-6-4-7-11-20/h4-18H,3,19H2,1-2H3. The molecule has 4 aromatic rings. The molecule has 0 saturated carbocycles. The van der Waals surface area contributed by atoms with E-state index in [2.05, 4.69) is 34.9 Å². The summed E-state index contributed by atoms with van der Waals surface area (Å²) in [6, 6.07) is 30.1. The normalized spacial score (nSPS) is 10.6. The molecule has 0 aliphatic carbocycles. The van der Waals surface area contributed by atoms with Gasteiger partial charge in [-0.3, -0.25) is 0 Å². The van der Waals surface area contributed by atoms with Gasteiger partial charge < -0.3 is 14.0 Å². The lowest BCUT2D eigenvalue weighted by Gasteiger charge is -2.14. The van der Waals surface area contributed by atoms with Crippen molar-refractivity contribution in [1.29, 1.82) is 0 Å². The van der Waals surface area contributed by atoms with Crippen LogP contribution in [0.1, 0.15) is 23.0 Å². The number of nitrogens with zero attached hydrogens (tertiary/aromatic N) is 1. The molecule has 0 spiro atoms. The fourth-order valence-corrected chi connectivity index (χ4v) is 3.74. The van der Waals surface area contributed by atoms with E-state index in [0.717, 1.165) is 33.7 Å². The van der Waals surface area contributed by atoms with Crippen molar-refractivity contribution in [2.45, 2.75) is 13.5 Å². The van der Waals surface area contributed by atoms with E-state index in [-0.39, 0.29) is 5.97 Å². The molecule has 0 amide bonds. The quantitative estimate of drug-likeness (QED) is 0.347. The second kappa shape index (κ2) is 9.35. The van der Waals surface area contributed by atoms with Gasteiger partial charge in [0.15, 0.2) is 0 Å². The molecule has 3 aromatic carbocycles. The zero-order chi connectivity index (χ0) is 21.6. The summed E-state index contributed by atoms with van der Waals surface area (Å²) < 4.78 is 12.8. The lowest BCUT2D eigenvalue weighted by molar-refractivity contribution is 0.0515. The fraction of sp³-hybridized carbons (Fsp3) is 0.148. The second-order valence-electron chi connectivity index (χ2n) is 7.18. The summed E-state index contributed by atoms with van der Waals surface area (Å²) in [5, 5.41) is 0. The summed E-state index contributed by atoms with van der Waals surface area (Å²) in [7, 11) is 1.64. The molecule has 0 aliphatic rings. The van der Waals surface area contributed by atoms with Gasteiger partial charge in [0, 0.05) is 17.8 Å². The van der Waals surface area contributed by atoms with Gasteiger partial charge in [-0.05, 0) is 41.8 Å². The SMILES string of the molecule is CCOC(=O)c1c(-c2ccc(OC)cc2)cc(-c2ccccc2)n1Cc1ccccc1. The van der Waals surface area contributed by atoms with Gasteiger partial charge in [0.2, 0.25) is 0 Å². The lowest BCUT2D eigenvalue weighted by atomic mass is 10.0. The fourth-order valence-electron chi connectivity index (χ4n) is 3.74. The van der Waals surface area contributed by atoms with Crippen molar-refractivity contribution in [3.8, 4) is 28.1 Å². The average molecular weight is 412 g/mol. The predicted octanol–water partition coefficient (Wildman–Crippen LogP) is 6.06. The van der Waals surface area contributed by atoms with Crippen LogP contribution in [0, 0.1) is 0 Å². The Hall–Kier alpha value is -3.79. The molecule has 4 nitrogen and oxygen atoms in total. The monoisotopic (exact) mass is 411 g/mol. The summed E-state index contributed by atoms with van der Waals surface area (Å²) in [6.45, 7) is 2.71. The number of esters is 1. The zero-order valence-corrected chi connectivity index (χ0v) is 17.7. The summed E-state index contributed by atoms with van der Waals surface area (Å²) in [6.07, 6.45) is 0. The van der Waals surface area contributed by atoms with E-state index in [1.165, 1.54) is 0 Å². The molecule has 4 rings (SSSR count). The van der Waals surface area contributed by atoms with Gasteiger partial charge in [0.1, 0.15) is 11.4 Å². The predicted molar refractivity (Wildman–Crippen MR) is 123 cm³/mol. The van der Waals surface area contributed by atoms with Gasteiger partial charge in [-0.1, -0.05) is 72.8 Å². The van der Waals surface area contributed by atoms with Crippen LogP contribution >= 0.6 is 0 Å². The maximum absolute atomic E-state index is 13.1. The van der Waals surface area contributed by atoms with Crippen LogP contribution in [0.4, 0.5) is 0 Å². The van der Waals surface area contributed by atoms with Crippen molar-refractivity contribution >= 4 is 5.97 Å². The van der Waals surface area contributed by atoms with Crippen LogP contribution in [-0.2, 0) is 11.3 Å². The van der Waals surface area contributed by atoms with E-state index in [0.29, 0.717) is 18.8 Å². The highest BCUT2D eigenvalue weighted by Gasteiger charge is 2.24. The van der Waals surface area contributed by atoms with Crippen molar-refractivity contribution < 1.29 is 14.3 Å². The van der Waals surface area contributed by atoms with Gasteiger partial charge in [0.05, 0.1) is 13.7 Å². The molecule has 1 heterocycles. The smallest absolute Gasteiger partial charge is 0.355 e. The number of hydrogen-bond acceptors (Lipinski definition) is 3. The minimum Gasteiger partial charge on any atom is -0.497 e. The molecule has 0 radical (unpaired) electrons. The van der Waals surface area contributed by atoms with Gasteiger partial charge in [0.25, 0.3) is 0 Å². The Morgan fingerprint density at radius 3 is 2.10 bits per heavy atom. The van der Waals surface area contributed by atoms with Gasteiger partial charge in [-0.2, -0.15) is 0 Å². The van der Waals surface area contributed by atoms with Crippen molar-refractivity contribution in [2.75, 3.05) is 13.7 Å². The Kier molecular flexibility index (Phi) is 6.18. The molecule has 0 unspecified atom stereocenters. The van der Waals surface area contributed by atoms with Gasteiger partial charge in [-0.25, -0.2) is 4.79 Å². The van der Waals surface area contributed by atoms with E-state index in [9.17, 15) is 4.79 Å². The Morgan fingerprint density at radius 1 is 0.839 bits per heavy atom. The molecule has 0 bridgehead atoms. The number of benzene rings is 3. The second-order valence-corrected chi connectivity index (χ2v) is 7.18. The minimum atomic E-state index is -0.327. The maximum Gasteiger partial charge on any atom is 0.355 e. The maximum atomic E-state index is 13.1. The van der Waals surface area contributed by atoms with Crippen LogP contribution in [-0.4, -0.2) is 24.3 Å². The van der Waals surface area contributed by atoms with E-state index < -0.39 is 0 Å². The van der Waals surface area contributed by atoms with Crippen LogP contribution in [0.25, 0.3) is 22.4 Å². The van der Waals surface area contributed by atoms with E-state index >= 15 is 0 Å². The topological polar surface area (TPSA) is 40.5 Å². The van der Waals surface area contributed by atoms with Crippen LogP contribution in [0.3, 0.4) is 0 Å². The van der Waals surface area contributed by atoms with Crippen molar-refractivity contribution in [1.82, 2.24) is 4.57 Å². The number of methoxy groups -OCH3 is 1. The van der Waals surface area contributed by atoms with Crippen LogP contribution in [0.15, 0.2) is 91.0 Å². The lowest BCUT2D eigenvalue weighted by Crippen LogP contribution is -2.15. The molecule has 1 aromatic heterocycles. The minimum absolute atomic E-state index is 0.318. The molecule has 0 N–H and O–H groups in total. The summed E-state index contributed by atoms with van der Waals surface area (Å²) in [4.78, 5) is 13.1. The summed E-state index contributed by atoms with van der Waals surface area (Å²) in [5.41, 5.74) is 5.46. The highest BCUT2D eigenvalue weighted by atomic mass is 16.5. The molecule has 4 heteroatoms. The summed E-state index contributed by atoms with van der Waals surface area (Å²) in [5.74, 6) is 0.444. The Morgan fingerprint density at radius 2 is 1.48 bits per heavy atom. The zero-order valence-electron chi connectivity index (χ0n) is 17.7. The number of aromatic nitrogens is 1. The number of carbonyl (C=O) groups excluding carboxylic acids is 1. The first-order valence-electron chi connectivity index (χ1n) is 10.4. The number of ether oxygens (including phenoxy) is 2. The van der Waals surface area contributed by atoms with Crippen molar-refractivity contribution in [3.05, 3.63) is 102 Å². The average Bonchev–Trinajstić information content (AvgIpc) is 3.19. The Labute approximate surface area is 182 Å². The first-order chi connectivity index (χ1) is 15.2. The molecule has 0 aliphatic heterocycles. The molecular weight excluding hydrogens is 386 g/mol. The molecule has 31 heavy (non-hydrogen) atoms. The molecule has 0 saturated heterocycles. The van der Waals surface area contributed by atoms with Crippen LogP contribution in [0.5, 0.6) is 5.75 Å². The van der Waals surface area contributed by atoms with Crippen molar-refractivity contribution in [3.63, 3.8) is 0 Å². The van der Waals surface area contributed by atoms with Crippen molar-refractivity contribution in [2.24, 2.45) is 0 Å². The molecular formula is C27H25NO3. The van der Waals surface area contributed by atoms with Crippen LogP contribution < -0.4 is 4.74 Å². The largest absolute Gasteiger partial charge is 0.497 e. The van der Waals surface area contributed by atoms with E-state index in [1.54, 1.807) is 7.11 Å². The van der Waals surface area contributed by atoms with Gasteiger partial charge >= 0.3 is 5.97 Å². The number of carbonyl (C=O) groups is 1. The summed E-state index contributed by atoms with van der Waals surface area (Å²) >= 11 is 0. The molecule has 156 valence electrons. The first kappa shape index (κ1) is 20.5. The molecule has 0 atom stereocenters. The molecule has 0 fully saturated rings. The third-order valence-corrected chi connectivity index (χ3v) is 5.22. The van der Waals surface area contributed by atoms with Crippen LogP contribution in [0.2, 0.25) is 0 Å². The first-order valence-corrected chi connectivity index (χ1v) is 10.4. The number of hydrogen-bond donors (Lipinski definition) is 0. The van der Waals surface area contributed by atoms with E-state index in [1.807, 2.05) is 67.6 Å². The third-order valence-electron chi connectivity index (χ3n) is 5.22. The number of rotatable bonds is 7. The highest BCUT2D eigenvalue weighted by molar-refractivity contribution is 5.98. The Balaban J connectivity index is 1.94. The van der Waals surface area contributed by atoms with E-state index in [4.69, 9.17) is 9.47 Å². The van der Waals surface area contributed by atoms with Gasteiger partial charge in [-0.15, -0.1) is 0 Å². The third kappa shape index (κ3) is 4.38. The highest BCUT2D eigenvalue weighted by Crippen LogP contribution is 2.35.